The van der Waals surface area contributed by atoms with Crippen molar-refractivity contribution in [3.8, 4) is 0 Å². The van der Waals surface area contributed by atoms with Crippen LogP contribution in [0.2, 0.25) is 0 Å². The molecule has 16 heavy (non-hydrogen) atoms. The lowest BCUT2D eigenvalue weighted by Gasteiger charge is -2.34. The van der Waals surface area contributed by atoms with Crippen LogP contribution >= 0.6 is 0 Å². The van der Waals surface area contributed by atoms with Crippen LogP contribution in [0.3, 0.4) is 0 Å². The van der Waals surface area contributed by atoms with Gasteiger partial charge >= 0.3 is 0 Å². The molecule has 1 atom stereocenters. The van der Waals surface area contributed by atoms with Crippen LogP contribution < -0.4 is 5.32 Å². The van der Waals surface area contributed by atoms with Crippen molar-refractivity contribution < 1.29 is 8.78 Å². The smallest absolute Gasteiger partial charge is 0.251 e. The molecule has 0 saturated heterocycles. The third-order valence-corrected chi connectivity index (χ3v) is 2.76. The minimum atomic E-state index is -2.24. The fourth-order valence-electron chi connectivity index (χ4n) is 2.21. The molecule has 0 radical (unpaired) electrons. The van der Waals surface area contributed by atoms with E-state index in [1.165, 1.54) is 0 Å². The zero-order chi connectivity index (χ0) is 12.6. The molecule has 0 fully saturated rings. The van der Waals surface area contributed by atoms with Crippen molar-refractivity contribution in [3.63, 3.8) is 0 Å². The van der Waals surface area contributed by atoms with E-state index < -0.39 is 6.43 Å². The molecule has 98 valence electrons. The first-order valence-electron chi connectivity index (χ1n) is 6.11. The molecule has 1 unspecified atom stereocenters. The van der Waals surface area contributed by atoms with Crippen molar-refractivity contribution in [2.45, 2.75) is 40.0 Å². The van der Waals surface area contributed by atoms with Crippen molar-refractivity contribution >= 4 is 0 Å². The van der Waals surface area contributed by atoms with E-state index in [4.69, 9.17) is 0 Å². The lowest BCUT2D eigenvalue weighted by Crippen LogP contribution is -2.42. The summed E-state index contributed by atoms with van der Waals surface area (Å²) in [4.78, 5) is 1.73. The zero-order valence-corrected chi connectivity index (χ0v) is 11.0. The second kappa shape index (κ2) is 7.96. The Hall–Kier alpha value is -0.220. The fourth-order valence-corrected chi connectivity index (χ4v) is 2.21. The summed E-state index contributed by atoms with van der Waals surface area (Å²) >= 11 is 0. The molecule has 2 nitrogen and oxygen atoms in total. The Balaban J connectivity index is 4.18. The predicted molar refractivity (Wildman–Crippen MR) is 65.1 cm³/mol. The first-order chi connectivity index (χ1) is 7.43. The van der Waals surface area contributed by atoms with Crippen molar-refractivity contribution in [3.05, 3.63) is 0 Å². The van der Waals surface area contributed by atoms with Gasteiger partial charge in [-0.05, 0) is 25.4 Å². The summed E-state index contributed by atoms with van der Waals surface area (Å²) in [5.41, 5.74) is 0.0917. The van der Waals surface area contributed by atoms with E-state index in [9.17, 15) is 8.78 Å². The molecule has 0 aliphatic heterocycles. The monoisotopic (exact) mass is 236 g/mol. The van der Waals surface area contributed by atoms with E-state index in [2.05, 4.69) is 26.1 Å². The lowest BCUT2D eigenvalue weighted by molar-refractivity contribution is 0.0761. The molecule has 0 saturated carbocycles. The van der Waals surface area contributed by atoms with Crippen LogP contribution in [0.25, 0.3) is 0 Å². The van der Waals surface area contributed by atoms with Crippen LogP contribution in [0.1, 0.15) is 33.6 Å². The third kappa shape index (κ3) is 7.12. The van der Waals surface area contributed by atoms with E-state index in [0.717, 1.165) is 32.5 Å². The molecule has 0 spiro atoms. The molecule has 0 rings (SSSR count). The third-order valence-electron chi connectivity index (χ3n) is 2.76. The largest absolute Gasteiger partial charge is 0.316 e. The zero-order valence-electron chi connectivity index (χ0n) is 11.0. The molecule has 4 heteroatoms. The summed E-state index contributed by atoms with van der Waals surface area (Å²) in [7, 11) is 1.77. The average Bonchev–Trinajstić information content (AvgIpc) is 2.13. The first kappa shape index (κ1) is 15.8. The van der Waals surface area contributed by atoms with E-state index >= 15 is 0 Å². The Labute approximate surface area is 98.4 Å². The number of nitrogens with one attached hydrogen (secondary N) is 1. The Morgan fingerprint density at radius 2 is 1.94 bits per heavy atom. The molecule has 0 bridgehead atoms. The average molecular weight is 236 g/mol. The molecule has 0 amide bonds. The highest BCUT2D eigenvalue weighted by Crippen LogP contribution is 2.23. The van der Waals surface area contributed by atoms with Crippen molar-refractivity contribution in [2.75, 3.05) is 33.2 Å². The van der Waals surface area contributed by atoms with E-state index in [1.54, 1.807) is 11.9 Å². The lowest BCUT2D eigenvalue weighted by atomic mass is 9.85. The molecule has 0 aliphatic carbocycles. The van der Waals surface area contributed by atoms with Crippen molar-refractivity contribution in [1.29, 1.82) is 0 Å². The summed E-state index contributed by atoms with van der Waals surface area (Å²) < 4.78 is 24.5. The van der Waals surface area contributed by atoms with E-state index in [0.29, 0.717) is 0 Å². The molecular weight excluding hydrogens is 210 g/mol. The minimum absolute atomic E-state index is 0.0917. The molecule has 0 aromatic heterocycles. The second-order valence-corrected chi connectivity index (χ2v) is 4.93. The highest BCUT2D eigenvalue weighted by Gasteiger charge is 2.25. The maximum Gasteiger partial charge on any atom is 0.251 e. The number of halogens is 2. The molecule has 1 N–H and O–H groups in total. The Kier molecular flexibility index (Phi) is 7.85. The summed E-state index contributed by atoms with van der Waals surface area (Å²) in [6.45, 7) is 8.78. The van der Waals surface area contributed by atoms with Gasteiger partial charge in [-0.2, -0.15) is 0 Å². The Bertz CT molecular complexity index is 176. The van der Waals surface area contributed by atoms with Gasteiger partial charge in [0.05, 0.1) is 6.54 Å². The van der Waals surface area contributed by atoms with Crippen LogP contribution in [-0.2, 0) is 0 Å². The van der Waals surface area contributed by atoms with Gasteiger partial charge in [0.15, 0.2) is 0 Å². The van der Waals surface area contributed by atoms with Crippen molar-refractivity contribution in [2.24, 2.45) is 5.41 Å². The van der Waals surface area contributed by atoms with Crippen LogP contribution in [0.15, 0.2) is 0 Å². The van der Waals surface area contributed by atoms with E-state index in [-0.39, 0.29) is 12.0 Å². The van der Waals surface area contributed by atoms with Crippen LogP contribution in [-0.4, -0.2) is 44.6 Å². The van der Waals surface area contributed by atoms with Crippen LogP contribution in [0.4, 0.5) is 8.78 Å². The predicted octanol–water partition coefficient (Wildman–Crippen LogP) is 2.60. The molecule has 0 heterocycles. The molecule has 0 aliphatic rings. The summed E-state index contributed by atoms with van der Waals surface area (Å²) in [5, 5.41) is 3.32. The normalized spacial score (nSPS) is 15.8. The van der Waals surface area contributed by atoms with Gasteiger partial charge < -0.3 is 10.2 Å². The summed E-state index contributed by atoms with van der Waals surface area (Å²) in [6.07, 6.45) is -0.0899. The Morgan fingerprint density at radius 1 is 1.31 bits per heavy atom. The van der Waals surface area contributed by atoms with Gasteiger partial charge in [-0.3, -0.25) is 0 Å². The first-order valence-corrected chi connectivity index (χ1v) is 6.11. The van der Waals surface area contributed by atoms with Gasteiger partial charge in [-0.1, -0.05) is 27.2 Å². The number of nitrogens with zero attached hydrogens (tertiary/aromatic N) is 1. The quantitative estimate of drug-likeness (QED) is 0.662. The van der Waals surface area contributed by atoms with Gasteiger partial charge in [0, 0.05) is 13.1 Å². The second-order valence-electron chi connectivity index (χ2n) is 4.93. The molecule has 0 aromatic rings. The number of alkyl halides is 2. The maximum absolute atomic E-state index is 12.2. The van der Waals surface area contributed by atoms with Gasteiger partial charge in [-0.15, -0.1) is 0 Å². The van der Waals surface area contributed by atoms with Gasteiger partial charge in [0.2, 0.25) is 0 Å². The number of hydrogen-bond acceptors (Lipinski definition) is 2. The van der Waals surface area contributed by atoms with Gasteiger partial charge in [0.25, 0.3) is 6.43 Å². The van der Waals surface area contributed by atoms with Crippen LogP contribution in [0.5, 0.6) is 0 Å². The van der Waals surface area contributed by atoms with Crippen molar-refractivity contribution in [1.82, 2.24) is 10.2 Å². The summed E-state index contributed by atoms with van der Waals surface area (Å²) in [5.74, 6) is 0. The topological polar surface area (TPSA) is 15.3 Å². The van der Waals surface area contributed by atoms with Gasteiger partial charge in [-0.25, -0.2) is 8.78 Å². The highest BCUT2D eigenvalue weighted by molar-refractivity contribution is 4.79. The summed E-state index contributed by atoms with van der Waals surface area (Å²) in [6, 6.07) is 0. The highest BCUT2D eigenvalue weighted by atomic mass is 19.3. The molecular formula is C12H26F2N2. The SMILES string of the molecule is CCCC(C)(CNCC)CN(C)CC(F)F. The number of rotatable bonds is 9. The van der Waals surface area contributed by atoms with E-state index in [1.807, 2.05) is 0 Å². The van der Waals surface area contributed by atoms with Crippen LogP contribution in [0, 0.1) is 5.41 Å². The Morgan fingerprint density at radius 3 is 2.38 bits per heavy atom. The van der Waals surface area contributed by atoms with Gasteiger partial charge in [0.1, 0.15) is 0 Å². The number of hydrogen-bond donors (Lipinski definition) is 1. The molecule has 0 aromatic carbocycles. The minimum Gasteiger partial charge on any atom is -0.316 e. The maximum atomic E-state index is 12.2. The fraction of sp³-hybridized carbons (Fsp3) is 1.00. The standard InChI is InChI=1S/C12H26F2N2/c1-5-7-12(3,9-15-6-2)10-16(4)8-11(13)14/h11,15H,5-10H2,1-4H3.